The highest BCUT2D eigenvalue weighted by molar-refractivity contribution is 7.13. The van der Waals surface area contributed by atoms with E-state index in [0.717, 1.165) is 16.5 Å². The van der Waals surface area contributed by atoms with Gasteiger partial charge in [-0.05, 0) is 24.3 Å². The van der Waals surface area contributed by atoms with Crippen LogP contribution in [0.3, 0.4) is 0 Å². The van der Waals surface area contributed by atoms with Crippen molar-refractivity contribution >= 4 is 23.0 Å². The van der Waals surface area contributed by atoms with E-state index in [1.165, 1.54) is 0 Å². The van der Waals surface area contributed by atoms with Crippen LogP contribution in [0.25, 0.3) is 10.7 Å². The monoisotopic (exact) mass is 284 g/mol. The number of methoxy groups -OCH3 is 1. The summed E-state index contributed by atoms with van der Waals surface area (Å²) >= 11 is 1.55. The third-order valence-electron chi connectivity index (χ3n) is 2.64. The van der Waals surface area contributed by atoms with Gasteiger partial charge in [0.05, 0.1) is 7.11 Å². The second-order valence-corrected chi connectivity index (χ2v) is 4.82. The number of hydrogen-bond donors (Lipinski definition) is 1. The molecule has 5 nitrogen and oxygen atoms in total. The molecule has 0 aliphatic rings. The molecule has 0 aromatic carbocycles. The summed E-state index contributed by atoms with van der Waals surface area (Å²) in [6, 6.07) is 9.40. The quantitative estimate of drug-likeness (QED) is 0.796. The van der Waals surface area contributed by atoms with Gasteiger partial charge in [-0.25, -0.2) is 15.0 Å². The summed E-state index contributed by atoms with van der Waals surface area (Å²) in [7, 11) is 1.61. The maximum Gasteiger partial charge on any atom is 0.175 e. The van der Waals surface area contributed by atoms with Crippen LogP contribution in [0.1, 0.15) is 0 Å². The Morgan fingerprint density at radius 1 is 1.10 bits per heavy atom. The minimum atomic E-state index is 0.624. The number of thiazole rings is 1. The molecule has 0 radical (unpaired) electrons. The lowest BCUT2D eigenvalue weighted by molar-refractivity contribution is 0.415. The van der Waals surface area contributed by atoms with Crippen LogP contribution in [-0.2, 0) is 0 Å². The molecule has 6 heteroatoms. The highest BCUT2D eigenvalue weighted by atomic mass is 32.1. The first kappa shape index (κ1) is 12.6. The summed E-state index contributed by atoms with van der Waals surface area (Å²) in [6.07, 6.45) is 3.48. The van der Waals surface area contributed by atoms with Crippen LogP contribution in [-0.4, -0.2) is 22.1 Å². The normalized spacial score (nSPS) is 10.2. The third-order valence-corrected chi connectivity index (χ3v) is 3.44. The Labute approximate surface area is 120 Å². The zero-order valence-corrected chi connectivity index (χ0v) is 11.6. The van der Waals surface area contributed by atoms with Gasteiger partial charge in [-0.15, -0.1) is 11.3 Å². The summed E-state index contributed by atoms with van der Waals surface area (Å²) in [6.45, 7) is 0. The minimum absolute atomic E-state index is 0.624. The van der Waals surface area contributed by atoms with Gasteiger partial charge in [-0.3, -0.25) is 0 Å². The van der Waals surface area contributed by atoms with Gasteiger partial charge < -0.3 is 10.1 Å². The second-order valence-electron chi connectivity index (χ2n) is 3.92. The van der Waals surface area contributed by atoms with Crippen LogP contribution in [0.2, 0.25) is 0 Å². The van der Waals surface area contributed by atoms with Gasteiger partial charge in [0.25, 0.3) is 0 Å². The average Bonchev–Trinajstić information content (AvgIpc) is 3.02. The van der Waals surface area contributed by atoms with Crippen molar-refractivity contribution < 1.29 is 4.74 Å². The topological polar surface area (TPSA) is 59.9 Å². The molecule has 3 aromatic rings. The Bertz CT molecular complexity index is 686. The molecule has 0 amide bonds. The van der Waals surface area contributed by atoms with Crippen LogP contribution in [0.5, 0.6) is 5.75 Å². The molecule has 0 saturated carbocycles. The van der Waals surface area contributed by atoms with Crippen molar-refractivity contribution in [3.05, 3.63) is 48.1 Å². The Morgan fingerprint density at radius 2 is 2.05 bits per heavy atom. The lowest BCUT2D eigenvalue weighted by Crippen LogP contribution is -1.99. The molecule has 20 heavy (non-hydrogen) atoms. The van der Waals surface area contributed by atoms with Crippen LogP contribution < -0.4 is 10.1 Å². The number of aromatic nitrogens is 3. The minimum Gasteiger partial charge on any atom is -0.493 e. The molecule has 0 aliphatic carbocycles. The zero-order chi connectivity index (χ0) is 13.8. The Morgan fingerprint density at radius 3 is 2.75 bits per heavy atom. The fourth-order valence-corrected chi connectivity index (χ4v) is 2.33. The van der Waals surface area contributed by atoms with Crippen LogP contribution >= 0.6 is 11.3 Å². The molecule has 1 N–H and O–H groups in total. The Kier molecular flexibility index (Phi) is 3.56. The third kappa shape index (κ3) is 2.60. The fraction of sp³-hybridized carbons (Fsp3) is 0.0714. The fourth-order valence-electron chi connectivity index (χ4n) is 1.73. The number of pyridine rings is 2. The van der Waals surface area contributed by atoms with Crippen molar-refractivity contribution in [1.82, 2.24) is 15.0 Å². The molecule has 0 saturated heterocycles. The highest BCUT2D eigenvalue weighted by Gasteiger charge is 2.10. The molecule has 3 rings (SSSR count). The Balaban J connectivity index is 1.97. The molecule has 0 spiro atoms. The van der Waals surface area contributed by atoms with Crippen LogP contribution in [0.15, 0.2) is 48.1 Å². The van der Waals surface area contributed by atoms with E-state index in [2.05, 4.69) is 20.3 Å². The largest absolute Gasteiger partial charge is 0.493 e. The molecular formula is C14H12N4OS. The predicted molar refractivity (Wildman–Crippen MR) is 79.4 cm³/mol. The van der Waals surface area contributed by atoms with E-state index < -0.39 is 0 Å². The number of rotatable bonds is 4. The van der Waals surface area contributed by atoms with Gasteiger partial charge in [-0.2, -0.15) is 0 Å². The second kappa shape index (κ2) is 5.66. The summed E-state index contributed by atoms with van der Waals surface area (Å²) in [4.78, 5) is 13.0. The summed E-state index contributed by atoms with van der Waals surface area (Å²) in [5.41, 5.74) is 0.805. The van der Waals surface area contributed by atoms with E-state index in [4.69, 9.17) is 4.74 Å². The van der Waals surface area contributed by atoms with Gasteiger partial charge in [0.15, 0.2) is 11.6 Å². The van der Waals surface area contributed by atoms with E-state index in [1.54, 1.807) is 30.8 Å². The van der Waals surface area contributed by atoms with E-state index in [-0.39, 0.29) is 0 Å². The predicted octanol–water partition coefficient (Wildman–Crippen LogP) is 3.35. The molecule has 3 aromatic heterocycles. The van der Waals surface area contributed by atoms with Crippen molar-refractivity contribution in [3.8, 4) is 16.5 Å². The lowest BCUT2D eigenvalue weighted by Gasteiger charge is -2.10. The summed E-state index contributed by atoms with van der Waals surface area (Å²) in [5.74, 6) is 2.00. The molecule has 0 bridgehead atoms. The molecular weight excluding hydrogens is 272 g/mol. The van der Waals surface area contributed by atoms with E-state index in [0.29, 0.717) is 11.6 Å². The first-order valence-electron chi connectivity index (χ1n) is 6.00. The molecule has 0 aliphatic heterocycles. The van der Waals surface area contributed by atoms with Gasteiger partial charge in [0, 0.05) is 17.8 Å². The zero-order valence-electron chi connectivity index (χ0n) is 10.8. The van der Waals surface area contributed by atoms with Crippen LogP contribution in [0, 0.1) is 0 Å². The van der Waals surface area contributed by atoms with Gasteiger partial charge >= 0.3 is 0 Å². The van der Waals surface area contributed by atoms with Crippen molar-refractivity contribution in [2.45, 2.75) is 0 Å². The van der Waals surface area contributed by atoms with Crippen molar-refractivity contribution in [3.63, 3.8) is 0 Å². The highest BCUT2D eigenvalue weighted by Crippen LogP contribution is 2.29. The summed E-state index contributed by atoms with van der Waals surface area (Å²) in [5, 5.41) is 5.95. The van der Waals surface area contributed by atoms with Gasteiger partial charge in [0.1, 0.15) is 16.5 Å². The van der Waals surface area contributed by atoms with E-state index in [9.17, 15) is 0 Å². The average molecular weight is 284 g/mol. The van der Waals surface area contributed by atoms with E-state index >= 15 is 0 Å². The number of ether oxygens (including phenoxy) is 1. The van der Waals surface area contributed by atoms with Gasteiger partial charge in [0.2, 0.25) is 0 Å². The maximum absolute atomic E-state index is 5.32. The molecule has 0 unspecified atom stereocenters. The maximum atomic E-state index is 5.32. The molecule has 3 heterocycles. The first-order chi connectivity index (χ1) is 9.86. The van der Waals surface area contributed by atoms with Crippen molar-refractivity contribution in [1.29, 1.82) is 0 Å². The first-order valence-corrected chi connectivity index (χ1v) is 6.88. The number of nitrogens with zero attached hydrogens (tertiary/aromatic N) is 3. The molecule has 100 valence electrons. The van der Waals surface area contributed by atoms with E-state index in [1.807, 2.05) is 35.7 Å². The number of anilines is 2. The number of hydrogen-bond acceptors (Lipinski definition) is 6. The van der Waals surface area contributed by atoms with Gasteiger partial charge in [-0.1, -0.05) is 6.07 Å². The summed E-state index contributed by atoms with van der Waals surface area (Å²) < 4.78 is 5.32. The SMILES string of the molecule is COc1ccc(-c2nccs2)nc1Nc1ccccn1. The number of nitrogens with one attached hydrogen (secondary N) is 1. The van der Waals surface area contributed by atoms with Crippen molar-refractivity contribution in [2.24, 2.45) is 0 Å². The Hall–Kier alpha value is -2.47. The molecule has 0 fully saturated rings. The smallest absolute Gasteiger partial charge is 0.175 e. The standard InChI is InChI=1S/C14H12N4OS/c1-19-11-6-5-10(14-16-8-9-20-14)17-13(11)18-12-4-2-3-7-15-12/h2-9H,1H3,(H,15,17,18). The molecule has 0 atom stereocenters. The lowest BCUT2D eigenvalue weighted by atomic mass is 10.3. The van der Waals surface area contributed by atoms with Crippen LogP contribution in [0.4, 0.5) is 11.6 Å². The van der Waals surface area contributed by atoms with Crippen molar-refractivity contribution in [2.75, 3.05) is 12.4 Å².